The maximum atomic E-state index is 6.08. The van der Waals surface area contributed by atoms with Gasteiger partial charge in [0, 0.05) is 29.6 Å². The number of hydrogen-bond acceptors (Lipinski definition) is 3. The van der Waals surface area contributed by atoms with Crippen molar-refractivity contribution in [2.24, 2.45) is 5.73 Å². The lowest BCUT2D eigenvalue weighted by molar-refractivity contribution is -0.0719. The number of halogens is 2. The van der Waals surface area contributed by atoms with Crippen molar-refractivity contribution in [1.29, 1.82) is 0 Å². The summed E-state index contributed by atoms with van der Waals surface area (Å²) < 4.78 is 6.69. The maximum Gasteiger partial charge on any atom is 0.0675 e. The zero-order valence-corrected chi connectivity index (χ0v) is 14.3. The van der Waals surface area contributed by atoms with E-state index in [0.717, 1.165) is 29.1 Å². The minimum Gasteiger partial charge on any atom is -0.376 e. The zero-order chi connectivity index (χ0) is 14.7. The molecular weight excluding hydrogens is 340 g/mol. The summed E-state index contributed by atoms with van der Waals surface area (Å²) in [6, 6.07) is 6.70. The third kappa shape index (κ3) is 3.55. The smallest absolute Gasteiger partial charge is 0.0675 e. The van der Waals surface area contributed by atoms with Gasteiger partial charge in [0.15, 0.2) is 0 Å². The Morgan fingerprint density at radius 1 is 1.55 bits per heavy atom. The number of rotatable bonds is 4. The molecule has 0 aliphatic carbocycles. The fourth-order valence-electron chi connectivity index (χ4n) is 2.79. The molecule has 0 saturated carbocycles. The van der Waals surface area contributed by atoms with Gasteiger partial charge < -0.3 is 10.5 Å². The molecule has 3 nitrogen and oxygen atoms in total. The van der Waals surface area contributed by atoms with Crippen molar-refractivity contribution < 1.29 is 4.74 Å². The van der Waals surface area contributed by atoms with Gasteiger partial charge in [-0.05, 0) is 47.0 Å². The first-order valence-corrected chi connectivity index (χ1v) is 8.26. The number of benzene rings is 1. The van der Waals surface area contributed by atoms with Crippen molar-refractivity contribution in [2.45, 2.75) is 38.5 Å². The molecule has 1 heterocycles. The van der Waals surface area contributed by atoms with Gasteiger partial charge in [-0.2, -0.15) is 0 Å². The minimum absolute atomic E-state index is 0.208. The van der Waals surface area contributed by atoms with E-state index < -0.39 is 0 Å². The highest BCUT2D eigenvalue weighted by atomic mass is 79.9. The lowest BCUT2D eigenvalue weighted by Gasteiger charge is -2.43. The first kappa shape index (κ1) is 16.2. The van der Waals surface area contributed by atoms with Crippen LogP contribution in [0.15, 0.2) is 22.7 Å². The highest BCUT2D eigenvalue weighted by Crippen LogP contribution is 2.31. The van der Waals surface area contributed by atoms with Crippen LogP contribution in [0.4, 0.5) is 0 Å². The van der Waals surface area contributed by atoms with Crippen LogP contribution in [0.1, 0.15) is 31.9 Å². The maximum absolute atomic E-state index is 6.08. The molecule has 112 valence electrons. The Balaban J connectivity index is 2.26. The van der Waals surface area contributed by atoms with Crippen molar-refractivity contribution in [2.75, 3.05) is 19.7 Å². The van der Waals surface area contributed by atoms with E-state index in [9.17, 15) is 0 Å². The third-order valence-corrected chi connectivity index (χ3v) is 5.15. The second-order valence-electron chi connectivity index (χ2n) is 5.33. The Morgan fingerprint density at radius 2 is 2.30 bits per heavy atom. The Hall–Kier alpha value is -0.130. The predicted octanol–water partition coefficient (Wildman–Crippen LogP) is 3.60. The van der Waals surface area contributed by atoms with Gasteiger partial charge in [0.2, 0.25) is 0 Å². The zero-order valence-electron chi connectivity index (χ0n) is 12.0. The van der Waals surface area contributed by atoms with Crippen molar-refractivity contribution in [1.82, 2.24) is 4.90 Å². The van der Waals surface area contributed by atoms with Gasteiger partial charge in [0.25, 0.3) is 0 Å². The van der Waals surface area contributed by atoms with Gasteiger partial charge in [-0.1, -0.05) is 24.6 Å². The van der Waals surface area contributed by atoms with Gasteiger partial charge >= 0.3 is 0 Å². The fourth-order valence-corrected chi connectivity index (χ4v) is 3.30. The van der Waals surface area contributed by atoms with Crippen LogP contribution in [0.2, 0.25) is 5.02 Å². The van der Waals surface area contributed by atoms with Crippen molar-refractivity contribution in [3.8, 4) is 0 Å². The fraction of sp³-hybridized carbons (Fsp3) is 0.600. The Bertz CT molecular complexity index is 457. The van der Waals surface area contributed by atoms with E-state index in [0.29, 0.717) is 12.6 Å². The van der Waals surface area contributed by atoms with Crippen LogP contribution in [-0.2, 0) is 4.74 Å². The molecule has 20 heavy (non-hydrogen) atoms. The molecule has 1 aliphatic rings. The standard InChI is InChI=1S/C15H22BrClN2O/c1-3-12-9-20-10(2)8-19(12)15(7-18)11-4-5-14(17)13(16)6-11/h4-6,10,12,15H,3,7-9,18H2,1-2H3. The molecule has 0 bridgehead atoms. The summed E-state index contributed by atoms with van der Waals surface area (Å²) in [6.07, 6.45) is 1.32. The van der Waals surface area contributed by atoms with E-state index in [1.807, 2.05) is 6.07 Å². The summed E-state index contributed by atoms with van der Waals surface area (Å²) in [5.74, 6) is 0. The van der Waals surface area contributed by atoms with Crippen LogP contribution in [0.5, 0.6) is 0 Å². The van der Waals surface area contributed by atoms with Crippen molar-refractivity contribution >= 4 is 27.5 Å². The summed E-state index contributed by atoms with van der Waals surface area (Å²) in [4.78, 5) is 2.48. The average Bonchev–Trinajstić information content (AvgIpc) is 2.44. The quantitative estimate of drug-likeness (QED) is 0.890. The number of nitrogens with two attached hydrogens (primary N) is 1. The van der Waals surface area contributed by atoms with Crippen LogP contribution >= 0.6 is 27.5 Å². The summed E-state index contributed by atoms with van der Waals surface area (Å²) in [5.41, 5.74) is 7.26. The Kier molecular flexibility index (Phi) is 5.87. The number of nitrogens with zero attached hydrogens (tertiary/aromatic N) is 1. The molecule has 1 aromatic carbocycles. The first-order chi connectivity index (χ1) is 9.56. The molecule has 3 unspecified atom stereocenters. The molecule has 0 aromatic heterocycles. The van der Waals surface area contributed by atoms with E-state index in [4.69, 9.17) is 22.1 Å². The summed E-state index contributed by atoms with van der Waals surface area (Å²) in [7, 11) is 0. The molecular formula is C15H22BrClN2O. The molecule has 1 saturated heterocycles. The largest absolute Gasteiger partial charge is 0.376 e. The van der Waals surface area contributed by atoms with E-state index >= 15 is 0 Å². The van der Waals surface area contributed by atoms with E-state index in [-0.39, 0.29) is 12.1 Å². The molecule has 1 aromatic rings. The Labute approximate surface area is 134 Å². The minimum atomic E-state index is 0.208. The monoisotopic (exact) mass is 360 g/mol. The van der Waals surface area contributed by atoms with Crippen LogP contribution in [0.3, 0.4) is 0 Å². The molecule has 1 aliphatic heterocycles. The van der Waals surface area contributed by atoms with Crippen molar-refractivity contribution in [3.63, 3.8) is 0 Å². The predicted molar refractivity (Wildman–Crippen MR) is 87.1 cm³/mol. The van der Waals surface area contributed by atoms with Crippen molar-refractivity contribution in [3.05, 3.63) is 33.3 Å². The SMILES string of the molecule is CCC1COC(C)CN1C(CN)c1ccc(Cl)c(Br)c1. The lowest BCUT2D eigenvalue weighted by Crippen LogP contribution is -2.51. The van der Waals surface area contributed by atoms with Gasteiger partial charge in [-0.3, -0.25) is 4.90 Å². The topological polar surface area (TPSA) is 38.5 Å². The van der Waals surface area contributed by atoms with Crippen LogP contribution in [0.25, 0.3) is 0 Å². The van der Waals surface area contributed by atoms with Gasteiger partial charge in [-0.25, -0.2) is 0 Å². The lowest BCUT2D eigenvalue weighted by atomic mass is 10.0. The van der Waals surface area contributed by atoms with Crippen LogP contribution in [-0.4, -0.2) is 36.7 Å². The second kappa shape index (κ2) is 7.23. The normalized spacial score (nSPS) is 25.6. The van der Waals surface area contributed by atoms with Gasteiger partial charge in [0.05, 0.1) is 17.7 Å². The Morgan fingerprint density at radius 3 is 2.90 bits per heavy atom. The molecule has 2 N–H and O–H groups in total. The van der Waals surface area contributed by atoms with Crippen LogP contribution < -0.4 is 5.73 Å². The van der Waals surface area contributed by atoms with Gasteiger partial charge in [-0.15, -0.1) is 0 Å². The highest BCUT2D eigenvalue weighted by Gasteiger charge is 2.31. The highest BCUT2D eigenvalue weighted by molar-refractivity contribution is 9.10. The molecule has 1 fully saturated rings. The number of ether oxygens (including phenoxy) is 1. The molecule has 2 rings (SSSR count). The first-order valence-electron chi connectivity index (χ1n) is 7.09. The van der Waals surface area contributed by atoms with Gasteiger partial charge in [0.1, 0.15) is 0 Å². The summed E-state index contributed by atoms with van der Waals surface area (Å²) in [6.45, 7) is 6.60. The number of morpholine rings is 1. The average molecular weight is 362 g/mol. The van der Waals surface area contributed by atoms with E-state index in [1.165, 1.54) is 5.56 Å². The summed E-state index contributed by atoms with van der Waals surface area (Å²) in [5, 5.41) is 0.729. The van der Waals surface area contributed by atoms with E-state index in [2.05, 4.69) is 46.8 Å². The molecule has 5 heteroatoms. The van der Waals surface area contributed by atoms with Crippen LogP contribution in [0, 0.1) is 0 Å². The number of hydrogen-bond donors (Lipinski definition) is 1. The second-order valence-corrected chi connectivity index (χ2v) is 6.59. The molecule has 0 amide bonds. The van der Waals surface area contributed by atoms with E-state index in [1.54, 1.807) is 0 Å². The molecule has 0 spiro atoms. The molecule has 3 atom stereocenters. The third-order valence-electron chi connectivity index (χ3n) is 3.93. The molecule has 0 radical (unpaired) electrons. The summed E-state index contributed by atoms with van der Waals surface area (Å²) >= 11 is 9.58.